The van der Waals surface area contributed by atoms with E-state index in [-0.39, 0.29) is 15.4 Å². The van der Waals surface area contributed by atoms with Gasteiger partial charge in [-0.15, -0.1) is 11.6 Å². The Balaban J connectivity index is 3.11. The summed E-state index contributed by atoms with van der Waals surface area (Å²) < 4.78 is 30.8. The van der Waals surface area contributed by atoms with Crippen molar-refractivity contribution in [2.45, 2.75) is 24.1 Å². The molecule has 0 saturated heterocycles. The minimum atomic E-state index is -3.49. The molecule has 0 unspecified atom stereocenters. The minimum absolute atomic E-state index is 0.124. The predicted molar refractivity (Wildman–Crippen MR) is 66.1 cm³/mol. The lowest BCUT2D eigenvalue weighted by Gasteiger charge is -2.14. The average Bonchev–Trinajstić information content (AvgIpc) is 2.60. The molecule has 1 aromatic rings. The van der Waals surface area contributed by atoms with Crippen LogP contribution >= 0.6 is 27.5 Å². The molecule has 0 spiro atoms. The number of rotatable bonds is 5. The smallest absolute Gasteiger partial charge is 0.247 e. The monoisotopic (exact) mass is 329 g/mol. The van der Waals surface area contributed by atoms with Gasteiger partial charge in [0.05, 0.1) is 5.88 Å². The molecule has 0 fully saturated rings. The van der Waals surface area contributed by atoms with Crippen LogP contribution in [-0.2, 0) is 15.9 Å². The molecule has 16 heavy (non-hydrogen) atoms. The molecule has 7 heteroatoms. The van der Waals surface area contributed by atoms with Gasteiger partial charge in [0.15, 0.2) is 4.67 Å². The number of furan rings is 1. The number of hydrogen-bond acceptors (Lipinski definition) is 3. The van der Waals surface area contributed by atoms with E-state index in [1.807, 2.05) is 6.92 Å². The summed E-state index contributed by atoms with van der Waals surface area (Å²) in [7, 11) is -1.95. The van der Waals surface area contributed by atoms with Crippen LogP contribution in [0.15, 0.2) is 20.0 Å². The lowest BCUT2D eigenvalue weighted by Crippen LogP contribution is -2.27. The maximum atomic E-state index is 12.1. The maximum absolute atomic E-state index is 12.1. The van der Waals surface area contributed by atoms with Crippen LogP contribution in [0, 0.1) is 0 Å². The van der Waals surface area contributed by atoms with Crippen LogP contribution in [0.2, 0.25) is 0 Å². The van der Waals surface area contributed by atoms with Crippen molar-refractivity contribution in [2.24, 2.45) is 0 Å². The van der Waals surface area contributed by atoms with Gasteiger partial charge in [-0.25, -0.2) is 12.7 Å². The third-order valence-electron chi connectivity index (χ3n) is 2.06. The first-order valence-electron chi connectivity index (χ1n) is 4.74. The van der Waals surface area contributed by atoms with Crippen LogP contribution in [0.5, 0.6) is 0 Å². The van der Waals surface area contributed by atoms with Gasteiger partial charge in [-0.3, -0.25) is 0 Å². The second kappa shape index (κ2) is 5.53. The van der Waals surface area contributed by atoms with Crippen LogP contribution in [0.3, 0.4) is 0 Å². The zero-order chi connectivity index (χ0) is 12.3. The molecule has 0 bridgehead atoms. The third kappa shape index (κ3) is 2.80. The lowest BCUT2D eigenvalue weighted by molar-refractivity contribution is 0.461. The number of hydrogen-bond donors (Lipinski definition) is 0. The summed E-state index contributed by atoms with van der Waals surface area (Å²) in [6.45, 7) is 2.39. The second-order valence-corrected chi connectivity index (χ2v) is 6.31. The summed E-state index contributed by atoms with van der Waals surface area (Å²) in [6, 6.07) is 1.44. The van der Waals surface area contributed by atoms with Gasteiger partial charge in [0.25, 0.3) is 0 Å². The molecule has 0 aliphatic rings. The zero-order valence-corrected chi connectivity index (χ0v) is 12.2. The van der Waals surface area contributed by atoms with Gasteiger partial charge in [0.2, 0.25) is 10.0 Å². The van der Waals surface area contributed by atoms with Gasteiger partial charge in [0.1, 0.15) is 10.7 Å². The van der Waals surface area contributed by atoms with Gasteiger partial charge in [0, 0.05) is 19.7 Å². The highest BCUT2D eigenvalue weighted by molar-refractivity contribution is 9.10. The van der Waals surface area contributed by atoms with Crippen LogP contribution in [0.25, 0.3) is 0 Å². The first-order valence-corrected chi connectivity index (χ1v) is 7.50. The van der Waals surface area contributed by atoms with Crippen molar-refractivity contribution in [1.82, 2.24) is 4.31 Å². The summed E-state index contributed by atoms with van der Waals surface area (Å²) in [5, 5.41) is 0. The van der Waals surface area contributed by atoms with Gasteiger partial charge < -0.3 is 4.42 Å². The Morgan fingerprint density at radius 1 is 1.56 bits per heavy atom. The van der Waals surface area contributed by atoms with Gasteiger partial charge in [-0.05, 0) is 22.4 Å². The van der Waals surface area contributed by atoms with Crippen LogP contribution in [-0.4, -0.2) is 26.3 Å². The first-order chi connectivity index (χ1) is 7.43. The highest BCUT2D eigenvalue weighted by atomic mass is 79.9. The van der Waals surface area contributed by atoms with Crippen LogP contribution in [0.1, 0.15) is 19.1 Å². The highest BCUT2D eigenvalue weighted by Gasteiger charge is 2.26. The van der Waals surface area contributed by atoms with E-state index in [9.17, 15) is 8.42 Å². The fourth-order valence-corrected chi connectivity index (χ4v) is 3.59. The molecule has 1 heterocycles. The molecule has 0 atom stereocenters. The van der Waals surface area contributed by atoms with Crippen molar-refractivity contribution in [1.29, 1.82) is 0 Å². The molecular weight excluding hydrogens is 318 g/mol. The number of alkyl halides is 1. The molecule has 0 radical (unpaired) electrons. The molecule has 92 valence electrons. The van der Waals surface area contributed by atoms with Gasteiger partial charge in [-0.1, -0.05) is 6.92 Å². The van der Waals surface area contributed by atoms with E-state index in [4.69, 9.17) is 16.0 Å². The summed E-state index contributed by atoms with van der Waals surface area (Å²) in [5.41, 5.74) is 0. The van der Waals surface area contributed by atoms with Gasteiger partial charge >= 0.3 is 0 Å². The van der Waals surface area contributed by atoms with E-state index >= 15 is 0 Å². The third-order valence-corrected chi connectivity index (χ3v) is 5.04. The summed E-state index contributed by atoms with van der Waals surface area (Å²) in [4.78, 5) is 0.124. The SMILES string of the molecule is CCCN(C)S(=O)(=O)c1cc(CCl)oc1Br. The molecule has 0 aromatic carbocycles. The van der Waals surface area contributed by atoms with E-state index < -0.39 is 10.0 Å². The Hall–Kier alpha value is -0.0400. The van der Waals surface area contributed by atoms with E-state index in [0.29, 0.717) is 12.3 Å². The normalized spacial score (nSPS) is 12.3. The highest BCUT2D eigenvalue weighted by Crippen LogP contribution is 2.28. The van der Waals surface area contributed by atoms with E-state index in [1.54, 1.807) is 7.05 Å². The van der Waals surface area contributed by atoms with Crippen molar-refractivity contribution < 1.29 is 12.8 Å². The van der Waals surface area contributed by atoms with E-state index in [0.717, 1.165) is 6.42 Å². The van der Waals surface area contributed by atoms with Crippen molar-refractivity contribution in [2.75, 3.05) is 13.6 Å². The minimum Gasteiger partial charge on any atom is -0.452 e. The molecule has 0 amide bonds. The van der Waals surface area contributed by atoms with Crippen molar-refractivity contribution in [3.63, 3.8) is 0 Å². The maximum Gasteiger partial charge on any atom is 0.247 e. The van der Waals surface area contributed by atoms with Crippen molar-refractivity contribution in [3.05, 3.63) is 16.5 Å². The number of nitrogens with zero attached hydrogens (tertiary/aromatic N) is 1. The molecule has 0 aliphatic heterocycles. The summed E-state index contributed by atoms with van der Waals surface area (Å²) in [5.74, 6) is 0.572. The van der Waals surface area contributed by atoms with Crippen molar-refractivity contribution in [3.8, 4) is 0 Å². The second-order valence-electron chi connectivity index (χ2n) is 3.31. The lowest BCUT2D eigenvalue weighted by atomic mass is 10.5. The van der Waals surface area contributed by atoms with Crippen LogP contribution < -0.4 is 0 Å². The van der Waals surface area contributed by atoms with Crippen molar-refractivity contribution >= 4 is 37.6 Å². The fourth-order valence-electron chi connectivity index (χ4n) is 1.24. The molecule has 4 nitrogen and oxygen atoms in total. The quantitative estimate of drug-likeness (QED) is 0.780. The summed E-state index contributed by atoms with van der Waals surface area (Å²) in [6.07, 6.45) is 0.758. The molecule has 1 aromatic heterocycles. The Bertz CT molecular complexity index is 457. The summed E-state index contributed by atoms with van der Waals surface area (Å²) >= 11 is 8.66. The fraction of sp³-hybridized carbons (Fsp3) is 0.556. The molecule has 0 saturated carbocycles. The average molecular weight is 331 g/mol. The van der Waals surface area contributed by atoms with E-state index in [1.165, 1.54) is 10.4 Å². The number of halogens is 2. The van der Waals surface area contributed by atoms with Gasteiger partial charge in [-0.2, -0.15) is 0 Å². The first kappa shape index (κ1) is 14.0. The number of sulfonamides is 1. The standard InChI is InChI=1S/C9H13BrClNO3S/c1-3-4-12(2)16(13,14)8-5-7(6-11)15-9(8)10/h5H,3-4,6H2,1-2H3. The Labute approximate surface area is 109 Å². The Morgan fingerprint density at radius 2 is 2.19 bits per heavy atom. The molecule has 1 rings (SSSR count). The zero-order valence-electron chi connectivity index (χ0n) is 9.03. The Morgan fingerprint density at radius 3 is 2.62 bits per heavy atom. The predicted octanol–water partition coefficient (Wildman–Crippen LogP) is 2.81. The molecule has 0 aliphatic carbocycles. The van der Waals surface area contributed by atoms with E-state index in [2.05, 4.69) is 15.9 Å². The topological polar surface area (TPSA) is 50.5 Å². The Kier molecular flexibility index (Phi) is 4.85. The molecular formula is C9H13BrClNO3S. The largest absolute Gasteiger partial charge is 0.452 e. The van der Waals surface area contributed by atoms with Crippen LogP contribution in [0.4, 0.5) is 0 Å². The molecule has 0 N–H and O–H groups in total.